The molecule has 1 aliphatic carbocycles. The van der Waals surface area contributed by atoms with Crippen LogP contribution in [0.2, 0.25) is 0 Å². The monoisotopic (exact) mass is 244 g/mol. The fourth-order valence-corrected chi connectivity index (χ4v) is 3.54. The van der Waals surface area contributed by atoms with Gasteiger partial charge in [0.2, 0.25) is 5.91 Å². The van der Waals surface area contributed by atoms with E-state index in [2.05, 4.69) is 29.2 Å². The zero-order chi connectivity index (χ0) is 12.5. The van der Waals surface area contributed by atoms with Crippen molar-refractivity contribution in [1.82, 2.24) is 4.90 Å². The van der Waals surface area contributed by atoms with Crippen LogP contribution in [0.5, 0.6) is 0 Å². The molecule has 0 radical (unpaired) electrons. The van der Waals surface area contributed by atoms with E-state index < -0.39 is 0 Å². The van der Waals surface area contributed by atoms with E-state index in [0.717, 1.165) is 25.8 Å². The molecule has 2 atom stereocenters. The maximum absolute atomic E-state index is 11.5. The van der Waals surface area contributed by atoms with Gasteiger partial charge in [0, 0.05) is 6.04 Å². The van der Waals surface area contributed by atoms with Crippen molar-refractivity contribution >= 4 is 5.91 Å². The Balaban J connectivity index is 1.91. The molecule has 1 saturated heterocycles. The highest BCUT2D eigenvalue weighted by molar-refractivity contribution is 5.80. The average Bonchev–Trinajstić information content (AvgIpc) is 2.87. The van der Waals surface area contributed by atoms with Crippen LogP contribution in [0.1, 0.15) is 42.9 Å². The molecule has 3 rings (SSSR count). The van der Waals surface area contributed by atoms with E-state index in [1.54, 1.807) is 0 Å². The smallest absolute Gasteiger partial charge is 0.234 e. The first kappa shape index (κ1) is 11.7. The van der Waals surface area contributed by atoms with E-state index in [-0.39, 0.29) is 11.9 Å². The molecule has 1 aromatic rings. The van der Waals surface area contributed by atoms with Gasteiger partial charge in [0.1, 0.15) is 0 Å². The van der Waals surface area contributed by atoms with Gasteiger partial charge in [-0.3, -0.25) is 9.69 Å². The highest BCUT2D eigenvalue weighted by atomic mass is 16.1. The molecule has 0 bridgehead atoms. The van der Waals surface area contributed by atoms with Gasteiger partial charge in [-0.1, -0.05) is 24.3 Å². The number of hydrogen-bond acceptors (Lipinski definition) is 2. The summed E-state index contributed by atoms with van der Waals surface area (Å²) in [6, 6.07) is 8.99. The highest BCUT2D eigenvalue weighted by Gasteiger charge is 2.36. The average molecular weight is 244 g/mol. The second kappa shape index (κ2) is 4.73. The van der Waals surface area contributed by atoms with E-state index >= 15 is 0 Å². The van der Waals surface area contributed by atoms with Gasteiger partial charge in [-0.05, 0) is 49.8 Å². The van der Waals surface area contributed by atoms with Crippen LogP contribution in [-0.2, 0) is 11.2 Å². The van der Waals surface area contributed by atoms with Crippen molar-refractivity contribution in [2.75, 3.05) is 6.54 Å². The largest absolute Gasteiger partial charge is 0.368 e. The van der Waals surface area contributed by atoms with Crippen LogP contribution in [0, 0.1) is 0 Å². The molecule has 18 heavy (non-hydrogen) atoms. The summed E-state index contributed by atoms with van der Waals surface area (Å²) < 4.78 is 0. The van der Waals surface area contributed by atoms with Gasteiger partial charge in [0.05, 0.1) is 6.04 Å². The maximum atomic E-state index is 11.5. The van der Waals surface area contributed by atoms with Gasteiger partial charge in [0.25, 0.3) is 0 Å². The van der Waals surface area contributed by atoms with Gasteiger partial charge in [-0.15, -0.1) is 0 Å². The number of amides is 1. The third-order valence-electron chi connectivity index (χ3n) is 4.36. The fraction of sp³-hybridized carbons (Fsp3) is 0.533. The number of fused-ring (bicyclic) bond motifs is 1. The number of primary amides is 1. The summed E-state index contributed by atoms with van der Waals surface area (Å²) in [5.41, 5.74) is 8.40. The second-order valence-electron chi connectivity index (χ2n) is 5.41. The first-order chi connectivity index (χ1) is 8.77. The number of carbonyl (C=O) groups excluding carboxylic acids is 1. The molecular weight excluding hydrogens is 224 g/mol. The van der Waals surface area contributed by atoms with Crippen molar-refractivity contribution in [3.8, 4) is 0 Å². The van der Waals surface area contributed by atoms with Crippen molar-refractivity contribution in [3.05, 3.63) is 35.4 Å². The van der Waals surface area contributed by atoms with Crippen LogP contribution in [0.15, 0.2) is 24.3 Å². The van der Waals surface area contributed by atoms with E-state index in [1.807, 2.05) is 0 Å². The number of rotatable bonds is 2. The molecule has 2 unspecified atom stereocenters. The number of nitrogens with zero attached hydrogens (tertiary/aromatic N) is 1. The van der Waals surface area contributed by atoms with Gasteiger partial charge in [0.15, 0.2) is 0 Å². The molecule has 3 nitrogen and oxygen atoms in total. The van der Waals surface area contributed by atoms with Crippen molar-refractivity contribution in [2.24, 2.45) is 5.73 Å². The summed E-state index contributed by atoms with van der Waals surface area (Å²) in [5.74, 6) is -0.157. The Morgan fingerprint density at radius 1 is 1.22 bits per heavy atom. The molecular formula is C15H20N2O. The molecule has 1 fully saturated rings. The van der Waals surface area contributed by atoms with Crippen LogP contribution in [0.25, 0.3) is 0 Å². The maximum Gasteiger partial charge on any atom is 0.234 e. The van der Waals surface area contributed by atoms with Gasteiger partial charge >= 0.3 is 0 Å². The van der Waals surface area contributed by atoms with Gasteiger partial charge < -0.3 is 5.73 Å². The number of aryl methyl sites for hydroxylation is 1. The van der Waals surface area contributed by atoms with Crippen LogP contribution in [0.3, 0.4) is 0 Å². The van der Waals surface area contributed by atoms with E-state index in [1.165, 1.54) is 24.0 Å². The number of carbonyl (C=O) groups is 1. The predicted molar refractivity (Wildman–Crippen MR) is 71.0 cm³/mol. The number of likely N-dealkylation sites (tertiary alicyclic amines) is 1. The summed E-state index contributed by atoms with van der Waals surface area (Å²) in [4.78, 5) is 13.9. The Bertz CT molecular complexity index is 458. The first-order valence-electron chi connectivity index (χ1n) is 6.90. The Kier molecular flexibility index (Phi) is 3.08. The molecule has 0 spiro atoms. The van der Waals surface area contributed by atoms with E-state index in [0.29, 0.717) is 6.04 Å². The predicted octanol–water partition coefficient (Wildman–Crippen LogP) is 2.01. The molecule has 0 saturated carbocycles. The van der Waals surface area contributed by atoms with Crippen LogP contribution in [-0.4, -0.2) is 23.4 Å². The number of benzene rings is 1. The van der Waals surface area contributed by atoms with Crippen molar-refractivity contribution < 1.29 is 4.79 Å². The third kappa shape index (κ3) is 1.93. The van der Waals surface area contributed by atoms with E-state index in [9.17, 15) is 4.79 Å². The van der Waals surface area contributed by atoms with Gasteiger partial charge in [-0.25, -0.2) is 0 Å². The SMILES string of the molecule is NC(=O)C1CCCN1C1CCCc2ccccc21. The lowest BCUT2D eigenvalue weighted by molar-refractivity contribution is -0.123. The van der Waals surface area contributed by atoms with Crippen LogP contribution >= 0.6 is 0 Å². The van der Waals surface area contributed by atoms with Crippen molar-refractivity contribution in [3.63, 3.8) is 0 Å². The molecule has 2 aliphatic rings. The molecule has 3 heteroatoms. The van der Waals surface area contributed by atoms with Crippen LogP contribution < -0.4 is 5.73 Å². The molecule has 1 amide bonds. The number of hydrogen-bond donors (Lipinski definition) is 1. The normalized spacial score (nSPS) is 28.0. The lowest BCUT2D eigenvalue weighted by atomic mass is 9.86. The summed E-state index contributed by atoms with van der Waals surface area (Å²) in [5, 5.41) is 0. The fourth-order valence-electron chi connectivity index (χ4n) is 3.54. The Labute approximate surface area is 108 Å². The molecule has 1 aromatic carbocycles. The summed E-state index contributed by atoms with van der Waals surface area (Å²) in [6.45, 7) is 1.01. The van der Waals surface area contributed by atoms with Crippen molar-refractivity contribution in [2.45, 2.75) is 44.2 Å². The highest BCUT2D eigenvalue weighted by Crippen LogP contribution is 2.38. The lowest BCUT2D eigenvalue weighted by Gasteiger charge is -2.35. The Morgan fingerprint density at radius 3 is 2.89 bits per heavy atom. The molecule has 1 aliphatic heterocycles. The number of nitrogens with two attached hydrogens (primary N) is 1. The third-order valence-corrected chi connectivity index (χ3v) is 4.36. The molecule has 2 N–H and O–H groups in total. The molecule has 1 heterocycles. The topological polar surface area (TPSA) is 46.3 Å². The summed E-state index contributed by atoms with van der Waals surface area (Å²) >= 11 is 0. The lowest BCUT2D eigenvalue weighted by Crippen LogP contribution is -2.43. The minimum atomic E-state index is -0.157. The zero-order valence-corrected chi connectivity index (χ0v) is 10.6. The second-order valence-corrected chi connectivity index (χ2v) is 5.41. The summed E-state index contributed by atoms with van der Waals surface area (Å²) in [6.07, 6.45) is 5.55. The van der Waals surface area contributed by atoms with E-state index in [4.69, 9.17) is 5.73 Å². The molecule has 0 aromatic heterocycles. The Hall–Kier alpha value is -1.35. The van der Waals surface area contributed by atoms with Crippen molar-refractivity contribution in [1.29, 1.82) is 0 Å². The Morgan fingerprint density at radius 2 is 2.06 bits per heavy atom. The molecule has 96 valence electrons. The van der Waals surface area contributed by atoms with Crippen LogP contribution in [0.4, 0.5) is 0 Å². The van der Waals surface area contributed by atoms with Gasteiger partial charge in [-0.2, -0.15) is 0 Å². The minimum absolute atomic E-state index is 0.0545. The zero-order valence-electron chi connectivity index (χ0n) is 10.6. The quantitative estimate of drug-likeness (QED) is 0.865. The minimum Gasteiger partial charge on any atom is -0.368 e. The summed E-state index contributed by atoms with van der Waals surface area (Å²) in [7, 11) is 0. The standard InChI is InChI=1S/C15H20N2O/c16-15(18)14-9-4-10-17(14)13-8-3-6-11-5-1-2-7-12(11)13/h1-2,5,7,13-14H,3-4,6,8-10H2,(H2,16,18). The first-order valence-corrected chi connectivity index (χ1v) is 6.90.